The van der Waals surface area contributed by atoms with Gasteiger partial charge in [-0.05, 0) is 43.7 Å². The Kier molecular flexibility index (Phi) is 6.10. The molecule has 0 radical (unpaired) electrons. The van der Waals surface area contributed by atoms with Crippen LogP contribution in [0.1, 0.15) is 12.5 Å². The summed E-state index contributed by atoms with van der Waals surface area (Å²) >= 11 is 6.44. The number of hydrogen-bond acceptors (Lipinski definition) is 3. The van der Waals surface area contributed by atoms with Crippen molar-refractivity contribution in [2.45, 2.75) is 13.8 Å². The van der Waals surface area contributed by atoms with E-state index in [9.17, 15) is 0 Å². The first-order valence-electron chi connectivity index (χ1n) is 7.89. The van der Waals surface area contributed by atoms with E-state index in [0.717, 1.165) is 34.9 Å². The maximum absolute atomic E-state index is 6.44. The molecule has 0 aromatic heterocycles. The van der Waals surface area contributed by atoms with Crippen molar-refractivity contribution >= 4 is 35.0 Å². The van der Waals surface area contributed by atoms with E-state index < -0.39 is 0 Å². The highest BCUT2D eigenvalue weighted by atomic mass is 35.5. The van der Waals surface area contributed by atoms with E-state index in [2.05, 4.69) is 23.7 Å². The standard InChI is InChI=1S/C19H24ClN3O/c1-6-22(3)13-21-16-11-14(2)18(12-15(16)20)23(4)17-9-7-8-10-19(17)24-5/h7-13H,6H2,1-5H3. The fourth-order valence-electron chi connectivity index (χ4n) is 2.40. The van der Waals surface area contributed by atoms with Crippen LogP contribution in [0.4, 0.5) is 17.1 Å². The Morgan fingerprint density at radius 1 is 1.17 bits per heavy atom. The summed E-state index contributed by atoms with van der Waals surface area (Å²) in [6, 6.07) is 11.9. The molecule has 2 aromatic rings. The number of anilines is 2. The highest BCUT2D eigenvalue weighted by molar-refractivity contribution is 6.33. The Balaban J connectivity index is 2.38. The van der Waals surface area contributed by atoms with Crippen LogP contribution < -0.4 is 9.64 Å². The SMILES string of the molecule is CCN(C)C=Nc1cc(C)c(N(C)c2ccccc2OC)cc1Cl. The lowest BCUT2D eigenvalue weighted by Crippen LogP contribution is -2.14. The van der Waals surface area contributed by atoms with E-state index >= 15 is 0 Å². The summed E-state index contributed by atoms with van der Waals surface area (Å²) in [4.78, 5) is 8.55. The molecule has 0 bridgehead atoms. The van der Waals surface area contributed by atoms with E-state index in [1.54, 1.807) is 13.4 Å². The molecule has 24 heavy (non-hydrogen) atoms. The summed E-state index contributed by atoms with van der Waals surface area (Å²) < 4.78 is 5.46. The molecule has 0 aliphatic carbocycles. The van der Waals surface area contributed by atoms with Gasteiger partial charge in [-0.25, -0.2) is 4.99 Å². The minimum atomic E-state index is 0.623. The van der Waals surface area contributed by atoms with Gasteiger partial charge >= 0.3 is 0 Å². The van der Waals surface area contributed by atoms with Crippen LogP contribution in [0, 0.1) is 6.92 Å². The van der Waals surface area contributed by atoms with Gasteiger partial charge in [-0.2, -0.15) is 0 Å². The molecule has 5 heteroatoms. The van der Waals surface area contributed by atoms with Crippen LogP contribution in [0.2, 0.25) is 5.02 Å². The first-order valence-corrected chi connectivity index (χ1v) is 8.27. The molecule has 4 nitrogen and oxygen atoms in total. The maximum Gasteiger partial charge on any atom is 0.142 e. The molecule has 0 saturated heterocycles. The Labute approximate surface area is 149 Å². The number of rotatable bonds is 6. The average Bonchev–Trinajstić information content (AvgIpc) is 2.61. The summed E-state index contributed by atoms with van der Waals surface area (Å²) in [5, 5.41) is 0.623. The van der Waals surface area contributed by atoms with Crippen molar-refractivity contribution < 1.29 is 4.74 Å². The highest BCUT2D eigenvalue weighted by Crippen LogP contribution is 2.38. The number of methoxy groups -OCH3 is 1. The molecule has 128 valence electrons. The summed E-state index contributed by atoms with van der Waals surface area (Å²) in [7, 11) is 5.66. The molecule has 0 unspecified atom stereocenters. The molecular formula is C19H24ClN3O. The van der Waals surface area contributed by atoms with Crippen LogP contribution in [0.15, 0.2) is 41.4 Å². The van der Waals surface area contributed by atoms with E-state index in [0.29, 0.717) is 5.02 Å². The van der Waals surface area contributed by atoms with Gasteiger partial charge in [0, 0.05) is 26.3 Å². The number of benzene rings is 2. The topological polar surface area (TPSA) is 28.1 Å². The number of ether oxygens (including phenoxy) is 1. The van der Waals surface area contributed by atoms with Crippen molar-refractivity contribution in [3.8, 4) is 5.75 Å². The predicted octanol–water partition coefficient (Wildman–Crippen LogP) is 5.04. The van der Waals surface area contributed by atoms with Crippen LogP contribution in [0.25, 0.3) is 0 Å². The van der Waals surface area contributed by atoms with Crippen LogP contribution in [0.5, 0.6) is 5.75 Å². The highest BCUT2D eigenvalue weighted by Gasteiger charge is 2.14. The van der Waals surface area contributed by atoms with Gasteiger partial charge in [0.15, 0.2) is 0 Å². The molecule has 0 amide bonds. The average molecular weight is 346 g/mol. The van der Waals surface area contributed by atoms with E-state index in [-0.39, 0.29) is 0 Å². The number of aliphatic imine (C=N–C) groups is 1. The Morgan fingerprint density at radius 3 is 2.54 bits per heavy atom. The summed E-state index contributed by atoms with van der Waals surface area (Å²) in [6.45, 7) is 5.03. The zero-order chi connectivity index (χ0) is 17.7. The summed E-state index contributed by atoms with van der Waals surface area (Å²) in [5.74, 6) is 0.821. The number of nitrogens with zero attached hydrogens (tertiary/aromatic N) is 3. The third-order valence-electron chi connectivity index (χ3n) is 3.97. The summed E-state index contributed by atoms with van der Waals surface area (Å²) in [6.07, 6.45) is 1.80. The molecule has 0 fully saturated rings. The van der Waals surface area contributed by atoms with Crippen molar-refractivity contribution in [1.82, 2.24) is 4.90 Å². The molecule has 0 atom stereocenters. The minimum Gasteiger partial charge on any atom is -0.495 e. The van der Waals surface area contributed by atoms with Crippen molar-refractivity contribution in [1.29, 1.82) is 0 Å². The second kappa shape index (κ2) is 8.06. The van der Waals surface area contributed by atoms with Crippen LogP contribution in [0.3, 0.4) is 0 Å². The third-order valence-corrected chi connectivity index (χ3v) is 4.27. The molecule has 0 heterocycles. The molecular weight excluding hydrogens is 322 g/mol. The number of aryl methyl sites for hydroxylation is 1. The number of para-hydroxylation sites is 2. The van der Waals surface area contributed by atoms with Crippen LogP contribution in [-0.2, 0) is 0 Å². The van der Waals surface area contributed by atoms with E-state index in [1.807, 2.05) is 55.4 Å². The Morgan fingerprint density at radius 2 is 1.88 bits per heavy atom. The van der Waals surface area contributed by atoms with Gasteiger partial charge in [-0.15, -0.1) is 0 Å². The van der Waals surface area contributed by atoms with Gasteiger partial charge in [-0.1, -0.05) is 23.7 Å². The maximum atomic E-state index is 6.44. The van der Waals surface area contributed by atoms with Gasteiger partial charge in [-0.3, -0.25) is 0 Å². The van der Waals surface area contributed by atoms with Crippen molar-refractivity contribution in [3.63, 3.8) is 0 Å². The van der Waals surface area contributed by atoms with Gasteiger partial charge in [0.05, 0.1) is 29.8 Å². The predicted molar refractivity (Wildman–Crippen MR) is 104 cm³/mol. The van der Waals surface area contributed by atoms with Crippen molar-refractivity contribution in [2.75, 3.05) is 32.6 Å². The first-order chi connectivity index (χ1) is 11.5. The van der Waals surface area contributed by atoms with Crippen LogP contribution >= 0.6 is 11.6 Å². The lowest BCUT2D eigenvalue weighted by Gasteiger charge is -2.24. The number of halogens is 1. The molecule has 2 aromatic carbocycles. The third kappa shape index (κ3) is 4.01. The molecule has 0 aliphatic rings. The monoisotopic (exact) mass is 345 g/mol. The van der Waals surface area contributed by atoms with E-state index in [4.69, 9.17) is 16.3 Å². The van der Waals surface area contributed by atoms with Gasteiger partial charge in [0.1, 0.15) is 5.75 Å². The van der Waals surface area contributed by atoms with Crippen molar-refractivity contribution in [3.05, 3.63) is 47.0 Å². The normalized spacial score (nSPS) is 10.9. The smallest absolute Gasteiger partial charge is 0.142 e. The molecule has 0 N–H and O–H groups in total. The van der Waals surface area contributed by atoms with Crippen LogP contribution in [-0.4, -0.2) is 39.0 Å². The Hall–Kier alpha value is -2.20. The van der Waals surface area contributed by atoms with Gasteiger partial charge < -0.3 is 14.5 Å². The number of hydrogen-bond donors (Lipinski definition) is 0. The minimum absolute atomic E-state index is 0.623. The largest absolute Gasteiger partial charge is 0.495 e. The van der Waals surface area contributed by atoms with Gasteiger partial charge in [0.25, 0.3) is 0 Å². The van der Waals surface area contributed by atoms with Crippen molar-refractivity contribution in [2.24, 2.45) is 4.99 Å². The van der Waals surface area contributed by atoms with Gasteiger partial charge in [0.2, 0.25) is 0 Å². The zero-order valence-electron chi connectivity index (χ0n) is 14.9. The second-order valence-corrected chi connectivity index (χ2v) is 6.05. The zero-order valence-corrected chi connectivity index (χ0v) is 15.6. The summed E-state index contributed by atoms with van der Waals surface area (Å²) in [5.41, 5.74) is 3.87. The molecule has 0 aliphatic heterocycles. The second-order valence-electron chi connectivity index (χ2n) is 5.64. The molecule has 2 rings (SSSR count). The fraction of sp³-hybridized carbons (Fsp3) is 0.316. The fourth-order valence-corrected chi connectivity index (χ4v) is 2.60. The molecule has 0 saturated carbocycles. The van der Waals surface area contributed by atoms with E-state index in [1.165, 1.54) is 0 Å². The molecule has 0 spiro atoms. The lowest BCUT2D eigenvalue weighted by atomic mass is 10.1. The lowest BCUT2D eigenvalue weighted by molar-refractivity contribution is 0.415. The first kappa shape index (κ1) is 18.1. The Bertz CT molecular complexity index is 731. The quantitative estimate of drug-likeness (QED) is 0.542.